The Morgan fingerprint density at radius 2 is 1.93 bits per heavy atom. The van der Waals surface area contributed by atoms with Gasteiger partial charge in [-0.2, -0.15) is 5.10 Å². The topological polar surface area (TPSA) is 85.7 Å². The predicted octanol–water partition coefficient (Wildman–Crippen LogP) is 1.42. The van der Waals surface area contributed by atoms with Crippen LogP contribution in [0, 0.1) is 6.92 Å². The highest BCUT2D eigenvalue weighted by Gasteiger charge is 2.16. The monoisotopic (exact) mass is 386 g/mol. The Bertz CT molecular complexity index is 810. The fourth-order valence-electron chi connectivity index (χ4n) is 3.09. The van der Waals surface area contributed by atoms with Crippen molar-refractivity contribution < 1.29 is 19.1 Å². The normalized spacial score (nSPS) is 14.6. The summed E-state index contributed by atoms with van der Waals surface area (Å²) in [6, 6.07) is 7.13. The SMILES string of the molecule is CCOC(=O)c1cnn(-c2ccc(C(=O)NCCN3CCOCC3)cc2)c1C. The fraction of sp³-hybridized carbons (Fsp3) is 0.450. The van der Waals surface area contributed by atoms with E-state index >= 15 is 0 Å². The molecule has 2 heterocycles. The Morgan fingerprint density at radius 1 is 1.21 bits per heavy atom. The largest absolute Gasteiger partial charge is 0.462 e. The Hall–Kier alpha value is -2.71. The first-order chi connectivity index (χ1) is 13.6. The van der Waals surface area contributed by atoms with E-state index in [4.69, 9.17) is 9.47 Å². The van der Waals surface area contributed by atoms with E-state index in [0.717, 1.165) is 38.5 Å². The number of carbonyl (C=O) groups excluding carboxylic acids is 2. The summed E-state index contributed by atoms with van der Waals surface area (Å²) in [5.74, 6) is -0.494. The summed E-state index contributed by atoms with van der Waals surface area (Å²) in [5, 5.41) is 7.21. The number of amides is 1. The molecule has 28 heavy (non-hydrogen) atoms. The summed E-state index contributed by atoms with van der Waals surface area (Å²) in [4.78, 5) is 26.5. The molecular formula is C20H26N4O4. The number of morpholine rings is 1. The van der Waals surface area contributed by atoms with E-state index in [1.807, 2.05) is 19.1 Å². The Labute approximate surface area is 164 Å². The molecule has 0 unspecified atom stereocenters. The third-order valence-corrected chi connectivity index (χ3v) is 4.70. The van der Waals surface area contributed by atoms with Crippen LogP contribution < -0.4 is 5.32 Å². The molecule has 2 aromatic rings. The predicted molar refractivity (Wildman–Crippen MR) is 104 cm³/mol. The van der Waals surface area contributed by atoms with Crippen LogP contribution in [0.5, 0.6) is 0 Å². The van der Waals surface area contributed by atoms with Crippen LogP contribution in [-0.2, 0) is 9.47 Å². The van der Waals surface area contributed by atoms with Gasteiger partial charge in [0.15, 0.2) is 0 Å². The minimum absolute atomic E-state index is 0.107. The molecule has 0 spiro atoms. The quantitative estimate of drug-likeness (QED) is 0.725. The molecular weight excluding hydrogens is 360 g/mol. The van der Waals surface area contributed by atoms with Gasteiger partial charge in [-0.05, 0) is 38.1 Å². The number of hydrogen-bond acceptors (Lipinski definition) is 6. The van der Waals surface area contributed by atoms with Gasteiger partial charge in [-0.1, -0.05) is 0 Å². The highest BCUT2D eigenvalue weighted by atomic mass is 16.5. The lowest BCUT2D eigenvalue weighted by molar-refractivity contribution is 0.0383. The second-order valence-corrected chi connectivity index (χ2v) is 6.53. The molecule has 8 nitrogen and oxygen atoms in total. The van der Waals surface area contributed by atoms with Crippen LogP contribution in [0.25, 0.3) is 5.69 Å². The van der Waals surface area contributed by atoms with Crippen molar-refractivity contribution in [1.29, 1.82) is 0 Å². The lowest BCUT2D eigenvalue weighted by Gasteiger charge is -2.26. The molecule has 1 amide bonds. The van der Waals surface area contributed by atoms with Crippen LogP contribution >= 0.6 is 0 Å². The standard InChI is InChI=1S/C20H26N4O4/c1-3-28-20(26)18-14-22-24(15(18)2)17-6-4-16(5-7-17)19(25)21-8-9-23-10-12-27-13-11-23/h4-7,14H,3,8-13H2,1-2H3,(H,21,25). The van der Waals surface area contributed by atoms with E-state index in [2.05, 4.69) is 15.3 Å². The third-order valence-electron chi connectivity index (χ3n) is 4.70. The maximum Gasteiger partial charge on any atom is 0.341 e. The van der Waals surface area contributed by atoms with Gasteiger partial charge in [0.1, 0.15) is 5.56 Å². The first kappa shape index (κ1) is 20.0. The van der Waals surface area contributed by atoms with Crippen molar-refractivity contribution in [1.82, 2.24) is 20.0 Å². The zero-order valence-corrected chi connectivity index (χ0v) is 16.3. The number of nitrogens with zero attached hydrogens (tertiary/aromatic N) is 3. The van der Waals surface area contributed by atoms with Gasteiger partial charge in [-0.25, -0.2) is 9.48 Å². The summed E-state index contributed by atoms with van der Waals surface area (Å²) in [7, 11) is 0. The van der Waals surface area contributed by atoms with Gasteiger partial charge in [-0.15, -0.1) is 0 Å². The van der Waals surface area contributed by atoms with Crippen molar-refractivity contribution in [2.24, 2.45) is 0 Å². The van der Waals surface area contributed by atoms with Crippen LogP contribution in [0.15, 0.2) is 30.5 Å². The summed E-state index contributed by atoms with van der Waals surface area (Å²) < 4.78 is 12.0. The second-order valence-electron chi connectivity index (χ2n) is 6.53. The zero-order chi connectivity index (χ0) is 19.9. The van der Waals surface area contributed by atoms with Crippen LogP contribution in [0.4, 0.5) is 0 Å². The van der Waals surface area contributed by atoms with Crippen molar-refractivity contribution in [2.75, 3.05) is 46.0 Å². The highest BCUT2D eigenvalue weighted by Crippen LogP contribution is 2.16. The molecule has 1 saturated heterocycles. The Kier molecular flexibility index (Phi) is 6.78. The molecule has 1 aromatic heterocycles. The van der Waals surface area contributed by atoms with E-state index < -0.39 is 0 Å². The van der Waals surface area contributed by atoms with Crippen LogP contribution in [-0.4, -0.2) is 72.6 Å². The third kappa shape index (κ3) is 4.76. The van der Waals surface area contributed by atoms with Gasteiger partial charge in [0.05, 0.1) is 37.4 Å². The molecule has 0 bridgehead atoms. The van der Waals surface area contributed by atoms with E-state index in [1.54, 1.807) is 23.7 Å². The number of aromatic nitrogens is 2. The maximum atomic E-state index is 12.3. The molecule has 1 aromatic carbocycles. The van der Waals surface area contributed by atoms with Gasteiger partial charge < -0.3 is 14.8 Å². The summed E-state index contributed by atoms with van der Waals surface area (Å²) in [6.07, 6.45) is 1.50. The lowest BCUT2D eigenvalue weighted by Crippen LogP contribution is -2.41. The van der Waals surface area contributed by atoms with Crippen molar-refractivity contribution in [3.8, 4) is 5.69 Å². The van der Waals surface area contributed by atoms with Crippen LogP contribution in [0.1, 0.15) is 33.3 Å². The molecule has 0 saturated carbocycles. The summed E-state index contributed by atoms with van der Waals surface area (Å²) in [6.45, 7) is 8.62. The van der Waals surface area contributed by atoms with E-state index in [9.17, 15) is 9.59 Å². The molecule has 3 rings (SSSR count). The van der Waals surface area contributed by atoms with Gasteiger partial charge in [-0.3, -0.25) is 9.69 Å². The molecule has 150 valence electrons. The molecule has 1 fully saturated rings. The summed E-state index contributed by atoms with van der Waals surface area (Å²) >= 11 is 0. The van der Waals surface area contributed by atoms with E-state index in [1.165, 1.54) is 6.20 Å². The van der Waals surface area contributed by atoms with Gasteiger partial charge in [0.25, 0.3) is 5.91 Å². The minimum Gasteiger partial charge on any atom is -0.462 e. The van der Waals surface area contributed by atoms with Crippen molar-refractivity contribution >= 4 is 11.9 Å². The summed E-state index contributed by atoms with van der Waals surface area (Å²) in [5.41, 5.74) is 2.49. The average Bonchev–Trinajstić information content (AvgIpc) is 3.10. The number of benzene rings is 1. The van der Waals surface area contributed by atoms with E-state index in [0.29, 0.717) is 30.0 Å². The molecule has 0 atom stereocenters. The zero-order valence-electron chi connectivity index (χ0n) is 16.3. The van der Waals surface area contributed by atoms with Gasteiger partial charge >= 0.3 is 5.97 Å². The second kappa shape index (κ2) is 9.48. The highest BCUT2D eigenvalue weighted by molar-refractivity contribution is 5.94. The Morgan fingerprint density at radius 3 is 2.61 bits per heavy atom. The number of hydrogen-bond donors (Lipinski definition) is 1. The van der Waals surface area contributed by atoms with E-state index in [-0.39, 0.29) is 11.9 Å². The Balaban J connectivity index is 1.58. The first-order valence-corrected chi connectivity index (χ1v) is 9.50. The number of ether oxygens (including phenoxy) is 2. The average molecular weight is 386 g/mol. The molecule has 1 N–H and O–H groups in total. The fourth-order valence-corrected chi connectivity index (χ4v) is 3.09. The lowest BCUT2D eigenvalue weighted by atomic mass is 10.2. The number of esters is 1. The molecule has 8 heteroatoms. The molecule has 1 aliphatic rings. The molecule has 0 radical (unpaired) electrons. The molecule has 1 aliphatic heterocycles. The molecule has 0 aliphatic carbocycles. The maximum absolute atomic E-state index is 12.3. The number of rotatable bonds is 7. The smallest absolute Gasteiger partial charge is 0.341 e. The minimum atomic E-state index is -0.387. The number of carbonyl (C=O) groups is 2. The van der Waals surface area contributed by atoms with Crippen molar-refractivity contribution in [2.45, 2.75) is 13.8 Å². The van der Waals surface area contributed by atoms with Crippen LogP contribution in [0.2, 0.25) is 0 Å². The van der Waals surface area contributed by atoms with Crippen LogP contribution in [0.3, 0.4) is 0 Å². The van der Waals surface area contributed by atoms with Crippen molar-refractivity contribution in [3.05, 3.63) is 47.3 Å². The first-order valence-electron chi connectivity index (χ1n) is 9.50. The van der Waals surface area contributed by atoms with Gasteiger partial charge in [0, 0.05) is 31.7 Å². The number of nitrogens with one attached hydrogen (secondary N) is 1. The van der Waals surface area contributed by atoms with Gasteiger partial charge in [0.2, 0.25) is 0 Å². The van der Waals surface area contributed by atoms with Crippen molar-refractivity contribution in [3.63, 3.8) is 0 Å².